The normalized spacial score (nSPS) is 28.4. The highest BCUT2D eigenvalue weighted by atomic mass is 32.2. The predicted molar refractivity (Wildman–Crippen MR) is 98.2 cm³/mol. The second-order valence-corrected chi connectivity index (χ2v) is 9.76. The van der Waals surface area contributed by atoms with Crippen LogP contribution in [0.4, 0.5) is 10.1 Å². The molecule has 2 saturated carbocycles. The Kier molecular flexibility index (Phi) is 5.22. The number of hydrogen-bond acceptors (Lipinski definition) is 4. The Morgan fingerprint density at radius 3 is 2.67 bits per heavy atom. The molecule has 0 aromatic heterocycles. The molecule has 0 radical (unpaired) electrons. The number of hydrogen-bond donors (Lipinski definition) is 1. The summed E-state index contributed by atoms with van der Waals surface area (Å²) in [5.41, 5.74) is 0.316. The van der Waals surface area contributed by atoms with Crippen LogP contribution in [-0.2, 0) is 19.6 Å². The van der Waals surface area contributed by atoms with Gasteiger partial charge in [-0.05, 0) is 55.2 Å². The summed E-state index contributed by atoms with van der Waals surface area (Å²) in [7, 11) is -3.95. The number of anilines is 1. The number of rotatable bonds is 5. The number of morpholine rings is 1. The number of amides is 1. The van der Waals surface area contributed by atoms with E-state index in [1.54, 1.807) is 0 Å². The maximum absolute atomic E-state index is 14.2. The number of carbonyl (C=O) groups excluding carboxylic acids is 1. The van der Waals surface area contributed by atoms with E-state index in [4.69, 9.17) is 4.74 Å². The van der Waals surface area contributed by atoms with Gasteiger partial charge in [-0.15, -0.1) is 0 Å². The molecule has 4 rings (SSSR count). The van der Waals surface area contributed by atoms with Crippen molar-refractivity contribution in [3.8, 4) is 0 Å². The van der Waals surface area contributed by atoms with Crippen LogP contribution in [0.3, 0.4) is 0 Å². The molecule has 8 heteroatoms. The topological polar surface area (TPSA) is 75.7 Å². The highest BCUT2D eigenvalue weighted by molar-refractivity contribution is 7.89. The van der Waals surface area contributed by atoms with Crippen LogP contribution in [0.15, 0.2) is 23.1 Å². The standard InChI is InChI=1S/C19H25FN2O4S/c20-17-4-3-16(12-18(17)27(24,25)22-5-7-26-8-6-22)21-19(23)11-15-10-13-1-2-14(15)9-13/h3-4,12-15H,1-2,5-11H2,(H,21,23)/t13-,14-,15+/m0/s1. The van der Waals surface area contributed by atoms with Gasteiger partial charge in [-0.1, -0.05) is 6.42 Å². The van der Waals surface area contributed by atoms with Crippen molar-refractivity contribution in [2.24, 2.45) is 17.8 Å². The number of carbonyl (C=O) groups is 1. The quantitative estimate of drug-likeness (QED) is 0.830. The highest BCUT2D eigenvalue weighted by Crippen LogP contribution is 2.49. The van der Waals surface area contributed by atoms with Crippen LogP contribution in [0.25, 0.3) is 0 Å². The van der Waals surface area contributed by atoms with Crippen LogP contribution in [-0.4, -0.2) is 44.9 Å². The Morgan fingerprint density at radius 2 is 2.00 bits per heavy atom. The molecule has 2 bridgehead atoms. The van der Waals surface area contributed by atoms with Crippen molar-refractivity contribution in [1.29, 1.82) is 0 Å². The molecule has 3 atom stereocenters. The Labute approximate surface area is 159 Å². The molecule has 0 spiro atoms. The lowest BCUT2D eigenvalue weighted by atomic mass is 9.86. The Balaban J connectivity index is 1.46. The SMILES string of the molecule is O=C(C[C@H]1C[C@H]2CC[C@H]1C2)Nc1ccc(F)c(S(=O)(=O)N2CCOCC2)c1. The molecule has 1 aliphatic heterocycles. The molecule has 148 valence electrons. The third kappa shape index (κ3) is 3.88. The summed E-state index contributed by atoms with van der Waals surface area (Å²) in [6, 6.07) is 3.73. The van der Waals surface area contributed by atoms with E-state index in [1.165, 1.54) is 35.7 Å². The van der Waals surface area contributed by atoms with Crippen molar-refractivity contribution in [2.45, 2.75) is 37.0 Å². The third-order valence-corrected chi connectivity index (χ3v) is 8.05. The van der Waals surface area contributed by atoms with E-state index in [2.05, 4.69) is 5.32 Å². The van der Waals surface area contributed by atoms with Crippen LogP contribution < -0.4 is 5.32 Å². The molecule has 1 saturated heterocycles. The van der Waals surface area contributed by atoms with Crippen LogP contribution in [0.1, 0.15) is 32.1 Å². The lowest BCUT2D eigenvalue weighted by Gasteiger charge is -2.26. The first-order valence-electron chi connectivity index (χ1n) is 9.61. The number of sulfonamides is 1. The van der Waals surface area contributed by atoms with Crippen molar-refractivity contribution >= 4 is 21.6 Å². The van der Waals surface area contributed by atoms with E-state index in [9.17, 15) is 17.6 Å². The zero-order chi connectivity index (χ0) is 19.0. The van der Waals surface area contributed by atoms with Crippen molar-refractivity contribution in [3.63, 3.8) is 0 Å². The number of nitrogens with zero attached hydrogens (tertiary/aromatic N) is 1. The van der Waals surface area contributed by atoms with Gasteiger partial charge in [0.05, 0.1) is 13.2 Å². The molecule has 6 nitrogen and oxygen atoms in total. The van der Waals surface area contributed by atoms with Gasteiger partial charge in [0, 0.05) is 25.2 Å². The molecule has 3 aliphatic rings. The van der Waals surface area contributed by atoms with E-state index in [0.717, 1.165) is 18.4 Å². The summed E-state index contributed by atoms with van der Waals surface area (Å²) < 4.78 is 46.1. The Bertz CT molecular complexity index is 823. The van der Waals surface area contributed by atoms with Gasteiger partial charge in [-0.3, -0.25) is 4.79 Å². The van der Waals surface area contributed by atoms with E-state index in [-0.39, 0.29) is 19.0 Å². The largest absolute Gasteiger partial charge is 0.379 e. The summed E-state index contributed by atoms with van der Waals surface area (Å²) in [5, 5.41) is 2.76. The summed E-state index contributed by atoms with van der Waals surface area (Å²) in [5.74, 6) is 0.886. The highest BCUT2D eigenvalue weighted by Gasteiger charge is 2.40. The minimum Gasteiger partial charge on any atom is -0.379 e. The molecule has 2 aliphatic carbocycles. The van der Waals surface area contributed by atoms with Gasteiger partial charge in [0.25, 0.3) is 0 Å². The van der Waals surface area contributed by atoms with E-state index < -0.39 is 20.7 Å². The third-order valence-electron chi connectivity index (χ3n) is 6.13. The first-order chi connectivity index (χ1) is 12.9. The smallest absolute Gasteiger partial charge is 0.246 e. The van der Waals surface area contributed by atoms with Gasteiger partial charge in [-0.2, -0.15) is 4.31 Å². The van der Waals surface area contributed by atoms with E-state index in [0.29, 0.717) is 37.2 Å². The molecular formula is C19H25FN2O4S. The zero-order valence-electron chi connectivity index (χ0n) is 15.2. The van der Waals surface area contributed by atoms with Crippen molar-refractivity contribution in [2.75, 3.05) is 31.6 Å². The molecule has 1 aromatic rings. The molecular weight excluding hydrogens is 371 g/mol. The molecule has 27 heavy (non-hydrogen) atoms. The average molecular weight is 396 g/mol. The predicted octanol–water partition coefficient (Wildman–Crippen LogP) is 2.61. The first-order valence-corrected chi connectivity index (χ1v) is 11.0. The molecule has 0 unspecified atom stereocenters. The van der Waals surface area contributed by atoms with Gasteiger partial charge < -0.3 is 10.1 Å². The Morgan fingerprint density at radius 1 is 1.22 bits per heavy atom. The van der Waals surface area contributed by atoms with Gasteiger partial charge in [-0.25, -0.2) is 12.8 Å². The molecule has 1 aromatic carbocycles. The second-order valence-electron chi connectivity index (χ2n) is 7.85. The monoisotopic (exact) mass is 396 g/mol. The minimum atomic E-state index is -3.95. The number of nitrogens with one attached hydrogen (secondary N) is 1. The fourth-order valence-electron chi connectivity index (χ4n) is 4.78. The zero-order valence-corrected chi connectivity index (χ0v) is 16.0. The fourth-order valence-corrected chi connectivity index (χ4v) is 6.28. The van der Waals surface area contributed by atoms with Gasteiger partial charge in [0.15, 0.2) is 0 Å². The van der Waals surface area contributed by atoms with Crippen LogP contribution in [0, 0.1) is 23.6 Å². The second kappa shape index (κ2) is 7.48. The molecule has 1 amide bonds. The van der Waals surface area contributed by atoms with Gasteiger partial charge in [0.1, 0.15) is 10.7 Å². The summed E-state index contributed by atoms with van der Waals surface area (Å²) in [6.07, 6.45) is 5.28. The van der Waals surface area contributed by atoms with Crippen molar-refractivity contribution in [1.82, 2.24) is 4.31 Å². The number of ether oxygens (including phenoxy) is 1. The van der Waals surface area contributed by atoms with Crippen LogP contribution in [0.5, 0.6) is 0 Å². The lowest BCUT2D eigenvalue weighted by molar-refractivity contribution is -0.117. The van der Waals surface area contributed by atoms with Gasteiger partial charge in [0.2, 0.25) is 15.9 Å². The minimum absolute atomic E-state index is 0.131. The molecule has 1 heterocycles. The summed E-state index contributed by atoms with van der Waals surface area (Å²) in [6.45, 7) is 0.979. The number of halogens is 1. The maximum Gasteiger partial charge on any atom is 0.246 e. The van der Waals surface area contributed by atoms with Crippen LogP contribution >= 0.6 is 0 Å². The summed E-state index contributed by atoms with van der Waals surface area (Å²) >= 11 is 0. The molecule has 3 fully saturated rings. The molecule has 1 N–H and O–H groups in total. The number of fused-ring (bicyclic) bond motifs is 2. The average Bonchev–Trinajstić information content (AvgIpc) is 3.27. The number of benzene rings is 1. The first kappa shape index (κ1) is 18.8. The fraction of sp³-hybridized carbons (Fsp3) is 0.632. The van der Waals surface area contributed by atoms with Gasteiger partial charge >= 0.3 is 0 Å². The van der Waals surface area contributed by atoms with Crippen molar-refractivity contribution in [3.05, 3.63) is 24.0 Å². The lowest BCUT2D eigenvalue weighted by Crippen LogP contribution is -2.40. The van der Waals surface area contributed by atoms with E-state index >= 15 is 0 Å². The van der Waals surface area contributed by atoms with Crippen LogP contribution in [0.2, 0.25) is 0 Å². The maximum atomic E-state index is 14.2. The summed E-state index contributed by atoms with van der Waals surface area (Å²) in [4.78, 5) is 12.0. The van der Waals surface area contributed by atoms with Crippen molar-refractivity contribution < 1.29 is 22.3 Å². The Hall–Kier alpha value is -1.51. The van der Waals surface area contributed by atoms with E-state index in [1.807, 2.05) is 0 Å².